The highest BCUT2D eigenvalue weighted by Gasteiger charge is 2.24. The first-order valence-electron chi connectivity index (χ1n) is 8.17. The zero-order valence-corrected chi connectivity index (χ0v) is 15.2. The third kappa shape index (κ3) is 5.03. The van der Waals surface area contributed by atoms with E-state index in [-0.39, 0.29) is 17.6 Å². The quantitative estimate of drug-likeness (QED) is 0.845. The van der Waals surface area contributed by atoms with Gasteiger partial charge in [-0.2, -0.15) is 0 Å². The van der Waals surface area contributed by atoms with Gasteiger partial charge < -0.3 is 9.47 Å². The van der Waals surface area contributed by atoms with E-state index in [1.807, 2.05) is 13.8 Å². The molecular weight excluding hydrogens is 330 g/mol. The number of benzene rings is 1. The van der Waals surface area contributed by atoms with Crippen LogP contribution in [0, 0.1) is 13.8 Å². The Morgan fingerprint density at radius 2 is 2.08 bits per heavy atom. The first kappa shape index (κ1) is 18.9. The lowest BCUT2D eigenvalue weighted by Gasteiger charge is -2.23. The fourth-order valence-corrected chi connectivity index (χ4v) is 3.55. The van der Waals surface area contributed by atoms with Crippen molar-refractivity contribution in [2.75, 3.05) is 13.2 Å². The number of sulfonamides is 1. The fourth-order valence-electron chi connectivity index (χ4n) is 2.42. The van der Waals surface area contributed by atoms with Crippen LogP contribution < -0.4 is 4.72 Å². The Morgan fingerprint density at radius 1 is 1.33 bits per heavy atom. The number of amides is 1. The molecule has 0 aromatic heterocycles. The molecule has 2 rings (SSSR count). The Hall–Kier alpha value is -1.44. The molecule has 2 atom stereocenters. The lowest BCUT2D eigenvalue weighted by atomic mass is 10.1. The molecule has 1 N–H and O–H groups in total. The topological polar surface area (TPSA) is 81.7 Å². The number of ether oxygens (including phenoxy) is 2. The second kappa shape index (κ2) is 8.09. The highest BCUT2D eigenvalue weighted by molar-refractivity contribution is 7.90. The van der Waals surface area contributed by atoms with Gasteiger partial charge in [-0.25, -0.2) is 13.1 Å². The van der Waals surface area contributed by atoms with Gasteiger partial charge in [-0.15, -0.1) is 0 Å². The van der Waals surface area contributed by atoms with Gasteiger partial charge in [0.1, 0.15) is 6.10 Å². The van der Waals surface area contributed by atoms with Crippen molar-refractivity contribution >= 4 is 15.9 Å². The van der Waals surface area contributed by atoms with Gasteiger partial charge in [-0.1, -0.05) is 6.07 Å². The fraction of sp³-hybridized carbons (Fsp3) is 0.588. The number of aryl methyl sites for hydroxylation is 2. The van der Waals surface area contributed by atoms with Crippen LogP contribution in [0.1, 0.15) is 37.3 Å². The molecule has 2 unspecified atom stereocenters. The molecule has 7 heteroatoms. The van der Waals surface area contributed by atoms with E-state index in [0.29, 0.717) is 6.61 Å². The van der Waals surface area contributed by atoms with Gasteiger partial charge in [0.2, 0.25) is 0 Å². The van der Waals surface area contributed by atoms with Crippen molar-refractivity contribution in [3.8, 4) is 0 Å². The standard InChI is InChI=1S/C17H25NO5S/c1-12-7-8-16(10-13(12)2)24(20,21)18-17(19)14(3)23-11-15-6-4-5-9-22-15/h7-8,10,14-15H,4-6,9,11H2,1-3H3,(H,18,19). The first-order chi connectivity index (χ1) is 11.3. The first-order valence-corrected chi connectivity index (χ1v) is 9.65. The van der Waals surface area contributed by atoms with Gasteiger partial charge in [0.15, 0.2) is 0 Å². The van der Waals surface area contributed by atoms with E-state index in [0.717, 1.165) is 30.4 Å². The predicted octanol–water partition coefficient (Wildman–Crippen LogP) is 2.08. The van der Waals surface area contributed by atoms with Crippen molar-refractivity contribution in [3.63, 3.8) is 0 Å². The molecule has 6 nitrogen and oxygen atoms in total. The Labute approximate surface area is 143 Å². The molecule has 134 valence electrons. The molecule has 1 saturated heterocycles. The summed E-state index contributed by atoms with van der Waals surface area (Å²) in [5, 5.41) is 0. The lowest BCUT2D eigenvalue weighted by molar-refractivity contribution is -0.133. The maximum Gasteiger partial charge on any atom is 0.264 e. The summed E-state index contributed by atoms with van der Waals surface area (Å²) in [6, 6.07) is 4.75. The van der Waals surface area contributed by atoms with E-state index in [9.17, 15) is 13.2 Å². The lowest BCUT2D eigenvalue weighted by Crippen LogP contribution is -2.40. The van der Waals surface area contributed by atoms with Crippen LogP contribution in [-0.2, 0) is 24.3 Å². The number of rotatable bonds is 6. The molecule has 0 aliphatic carbocycles. The van der Waals surface area contributed by atoms with Crippen molar-refractivity contribution in [3.05, 3.63) is 29.3 Å². The van der Waals surface area contributed by atoms with E-state index >= 15 is 0 Å². The van der Waals surface area contributed by atoms with Gasteiger partial charge in [0, 0.05) is 6.61 Å². The number of carbonyl (C=O) groups excluding carboxylic acids is 1. The van der Waals surface area contributed by atoms with Crippen LogP contribution >= 0.6 is 0 Å². The van der Waals surface area contributed by atoms with Crippen LogP contribution in [0.2, 0.25) is 0 Å². The SMILES string of the molecule is Cc1ccc(S(=O)(=O)NC(=O)C(C)OCC2CCCCO2)cc1C. The minimum absolute atomic E-state index is 0.0228. The molecule has 24 heavy (non-hydrogen) atoms. The molecule has 1 aromatic rings. The highest BCUT2D eigenvalue weighted by atomic mass is 32.2. The minimum atomic E-state index is -3.90. The number of hydrogen-bond donors (Lipinski definition) is 1. The van der Waals surface area contributed by atoms with E-state index in [4.69, 9.17) is 9.47 Å². The van der Waals surface area contributed by atoms with Crippen molar-refractivity contribution in [2.45, 2.75) is 57.1 Å². The Bertz CT molecular complexity index is 680. The van der Waals surface area contributed by atoms with Crippen molar-refractivity contribution < 1.29 is 22.7 Å². The van der Waals surface area contributed by atoms with E-state index in [1.54, 1.807) is 12.1 Å². The minimum Gasteiger partial charge on any atom is -0.376 e. The largest absolute Gasteiger partial charge is 0.376 e. The van der Waals surface area contributed by atoms with E-state index in [1.165, 1.54) is 13.0 Å². The second-order valence-corrected chi connectivity index (χ2v) is 7.86. The summed E-state index contributed by atoms with van der Waals surface area (Å²) in [7, 11) is -3.90. The van der Waals surface area contributed by atoms with Crippen molar-refractivity contribution in [1.29, 1.82) is 0 Å². The van der Waals surface area contributed by atoms with Gasteiger partial charge >= 0.3 is 0 Å². The van der Waals surface area contributed by atoms with Gasteiger partial charge in [-0.05, 0) is 63.3 Å². The number of carbonyl (C=O) groups is 1. The molecule has 0 saturated carbocycles. The molecule has 0 spiro atoms. The summed E-state index contributed by atoms with van der Waals surface area (Å²) < 4.78 is 37.7. The van der Waals surface area contributed by atoms with Gasteiger partial charge in [0.05, 0.1) is 17.6 Å². The third-order valence-corrected chi connectivity index (χ3v) is 5.54. The Morgan fingerprint density at radius 3 is 2.71 bits per heavy atom. The highest BCUT2D eigenvalue weighted by Crippen LogP contribution is 2.16. The van der Waals surface area contributed by atoms with Crippen LogP contribution in [-0.4, -0.2) is 39.7 Å². The summed E-state index contributed by atoms with van der Waals surface area (Å²) in [5.74, 6) is -0.677. The molecule has 1 fully saturated rings. The number of nitrogens with one attached hydrogen (secondary N) is 1. The Kier molecular flexibility index (Phi) is 6.37. The van der Waals surface area contributed by atoms with Crippen LogP contribution in [0.15, 0.2) is 23.1 Å². The molecule has 1 aromatic carbocycles. The van der Waals surface area contributed by atoms with Crippen LogP contribution in [0.4, 0.5) is 0 Å². The molecule has 1 aliphatic rings. The van der Waals surface area contributed by atoms with Gasteiger partial charge in [0.25, 0.3) is 15.9 Å². The van der Waals surface area contributed by atoms with E-state index < -0.39 is 22.0 Å². The summed E-state index contributed by atoms with van der Waals surface area (Å²) in [4.78, 5) is 12.2. The zero-order valence-electron chi connectivity index (χ0n) is 14.4. The van der Waals surface area contributed by atoms with Crippen LogP contribution in [0.25, 0.3) is 0 Å². The average Bonchev–Trinajstić information content (AvgIpc) is 2.55. The third-order valence-electron chi connectivity index (χ3n) is 4.20. The predicted molar refractivity (Wildman–Crippen MR) is 90.2 cm³/mol. The van der Waals surface area contributed by atoms with Crippen LogP contribution in [0.5, 0.6) is 0 Å². The molecule has 1 heterocycles. The van der Waals surface area contributed by atoms with E-state index in [2.05, 4.69) is 4.72 Å². The normalized spacial score (nSPS) is 19.7. The smallest absolute Gasteiger partial charge is 0.264 e. The molecule has 0 bridgehead atoms. The van der Waals surface area contributed by atoms with Crippen molar-refractivity contribution in [2.24, 2.45) is 0 Å². The summed E-state index contributed by atoms with van der Waals surface area (Å²) in [5.41, 5.74) is 1.84. The summed E-state index contributed by atoms with van der Waals surface area (Å²) >= 11 is 0. The monoisotopic (exact) mass is 355 g/mol. The molecule has 0 radical (unpaired) electrons. The summed E-state index contributed by atoms with van der Waals surface area (Å²) in [6.45, 7) is 6.25. The number of hydrogen-bond acceptors (Lipinski definition) is 5. The van der Waals surface area contributed by atoms with Crippen molar-refractivity contribution in [1.82, 2.24) is 4.72 Å². The Balaban J connectivity index is 1.92. The van der Waals surface area contributed by atoms with Crippen LogP contribution in [0.3, 0.4) is 0 Å². The maximum atomic E-state index is 12.3. The molecule has 1 amide bonds. The van der Waals surface area contributed by atoms with Gasteiger partial charge in [-0.3, -0.25) is 4.79 Å². The maximum absolute atomic E-state index is 12.3. The zero-order chi connectivity index (χ0) is 17.7. The summed E-state index contributed by atoms with van der Waals surface area (Å²) in [6.07, 6.45) is 2.13. The molecule has 1 aliphatic heterocycles. The average molecular weight is 355 g/mol. The molecular formula is C17H25NO5S. The second-order valence-electron chi connectivity index (χ2n) is 6.18.